The molecule has 0 aromatic heterocycles. The van der Waals surface area contributed by atoms with Crippen molar-refractivity contribution in [3.05, 3.63) is 34.4 Å². The summed E-state index contributed by atoms with van der Waals surface area (Å²) in [6.07, 6.45) is 2.50. The fourth-order valence-electron chi connectivity index (χ4n) is 3.17. The van der Waals surface area contributed by atoms with E-state index in [0.717, 1.165) is 26.0 Å². The second kappa shape index (κ2) is 5.85. The van der Waals surface area contributed by atoms with Gasteiger partial charge >= 0.3 is 0 Å². The first-order valence-corrected chi connectivity index (χ1v) is 7.04. The Morgan fingerprint density at radius 3 is 2.50 bits per heavy atom. The van der Waals surface area contributed by atoms with E-state index in [0.29, 0.717) is 6.04 Å². The summed E-state index contributed by atoms with van der Waals surface area (Å²) >= 11 is 0. The van der Waals surface area contributed by atoms with E-state index in [2.05, 4.69) is 45.1 Å². The van der Waals surface area contributed by atoms with E-state index in [1.165, 1.54) is 22.3 Å². The lowest BCUT2D eigenvalue weighted by molar-refractivity contribution is -0.0000933. The molecule has 1 heterocycles. The van der Waals surface area contributed by atoms with Crippen LogP contribution in [-0.2, 0) is 4.74 Å². The van der Waals surface area contributed by atoms with Gasteiger partial charge in [0.05, 0.1) is 6.10 Å². The molecule has 1 N–H and O–H groups in total. The zero-order valence-corrected chi connectivity index (χ0v) is 12.0. The molecule has 2 unspecified atom stereocenters. The number of rotatable bonds is 3. The molecule has 1 aromatic carbocycles. The van der Waals surface area contributed by atoms with E-state index in [1.54, 1.807) is 0 Å². The molecule has 0 saturated carbocycles. The second-order valence-corrected chi connectivity index (χ2v) is 5.45. The molecule has 2 nitrogen and oxygen atoms in total. The van der Waals surface area contributed by atoms with Gasteiger partial charge in [0.1, 0.15) is 0 Å². The molecule has 1 saturated heterocycles. The minimum absolute atomic E-state index is 0.267. The molecule has 2 rings (SSSR count). The summed E-state index contributed by atoms with van der Waals surface area (Å²) in [5.74, 6) is 0. The van der Waals surface area contributed by atoms with Gasteiger partial charge < -0.3 is 10.1 Å². The molecule has 1 aliphatic rings. The van der Waals surface area contributed by atoms with Crippen molar-refractivity contribution in [2.75, 3.05) is 13.2 Å². The number of aryl methyl sites for hydroxylation is 3. The van der Waals surface area contributed by atoms with E-state index in [-0.39, 0.29) is 6.10 Å². The van der Waals surface area contributed by atoms with Crippen LogP contribution in [0.2, 0.25) is 0 Å². The first kappa shape index (κ1) is 13.6. The van der Waals surface area contributed by atoms with Crippen LogP contribution in [0.25, 0.3) is 0 Å². The standard InChI is InChI=1S/C16H25NO/c1-5-17-14-6-7-18-15(10-14)16-12(3)8-11(2)9-13(16)4/h8-9,14-15,17H,5-7,10H2,1-4H3. The minimum Gasteiger partial charge on any atom is -0.373 e. The highest BCUT2D eigenvalue weighted by atomic mass is 16.5. The van der Waals surface area contributed by atoms with Gasteiger partial charge in [0.2, 0.25) is 0 Å². The Hall–Kier alpha value is -0.860. The van der Waals surface area contributed by atoms with Crippen LogP contribution >= 0.6 is 0 Å². The topological polar surface area (TPSA) is 21.3 Å². The molecule has 2 atom stereocenters. The van der Waals surface area contributed by atoms with Crippen LogP contribution in [0.4, 0.5) is 0 Å². The third kappa shape index (κ3) is 2.93. The summed E-state index contributed by atoms with van der Waals surface area (Å²) in [5, 5.41) is 3.55. The van der Waals surface area contributed by atoms with Crippen LogP contribution < -0.4 is 5.32 Å². The van der Waals surface area contributed by atoms with Crippen molar-refractivity contribution in [3.63, 3.8) is 0 Å². The fraction of sp³-hybridized carbons (Fsp3) is 0.625. The van der Waals surface area contributed by atoms with Crippen molar-refractivity contribution < 1.29 is 4.74 Å². The largest absolute Gasteiger partial charge is 0.373 e. The molecule has 1 aliphatic heterocycles. The van der Waals surface area contributed by atoms with E-state index in [9.17, 15) is 0 Å². The molecule has 0 bridgehead atoms. The van der Waals surface area contributed by atoms with E-state index < -0.39 is 0 Å². The minimum atomic E-state index is 0.267. The van der Waals surface area contributed by atoms with E-state index >= 15 is 0 Å². The van der Waals surface area contributed by atoms with E-state index in [4.69, 9.17) is 4.74 Å². The molecule has 1 aromatic rings. The van der Waals surface area contributed by atoms with Crippen molar-refractivity contribution in [1.29, 1.82) is 0 Å². The van der Waals surface area contributed by atoms with Crippen LogP contribution in [0.5, 0.6) is 0 Å². The van der Waals surface area contributed by atoms with Gasteiger partial charge in [-0.1, -0.05) is 24.6 Å². The van der Waals surface area contributed by atoms with Gasteiger partial charge in [0.25, 0.3) is 0 Å². The highest BCUT2D eigenvalue weighted by Crippen LogP contribution is 2.33. The molecular weight excluding hydrogens is 222 g/mol. The van der Waals surface area contributed by atoms with Gasteiger partial charge in [-0.3, -0.25) is 0 Å². The summed E-state index contributed by atoms with van der Waals surface area (Å²) < 4.78 is 6.00. The molecular formula is C16H25NO. The summed E-state index contributed by atoms with van der Waals surface area (Å²) in [4.78, 5) is 0. The van der Waals surface area contributed by atoms with Crippen molar-refractivity contribution in [2.24, 2.45) is 0 Å². The molecule has 0 spiro atoms. The lowest BCUT2D eigenvalue weighted by Crippen LogP contribution is -2.36. The van der Waals surface area contributed by atoms with E-state index in [1.807, 2.05) is 0 Å². The maximum absolute atomic E-state index is 6.00. The summed E-state index contributed by atoms with van der Waals surface area (Å²) in [7, 11) is 0. The Labute approximate surface area is 111 Å². The number of ether oxygens (including phenoxy) is 1. The average Bonchev–Trinajstić information content (AvgIpc) is 2.28. The maximum atomic E-state index is 6.00. The number of hydrogen-bond acceptors (Lipinski definition) is 2. The predicted octanol–water partition coefficient (Wildman–Crippen LogP) is 3.44. The Morgan fingerprint density at radius 2 is 1.89 bits per heavy atom. The lowest BCUT2D eigenvalue weighted by Gasteiger charge is -2.32. The van der Waals surface area contributed by atoms with Gasteiger partial charge in [-0.2, -0.15) is 0 Å². The zero-order valence-electron chi connectivity index (χ0n) is 12.0. The van der Waals surface area contributed by atoms with Gasteiger partial charge in [-0.05, 0) is 56.8 Å². The quantitative estimate of drug-likeness (QED) is 0.883. The summed E-state index contributed by atoms with van der Waals surface area (Å²) in [6, 6.07) is 5.14. The molecule has 18 heavy (non-hydrogen) atoms. The van der Waals surface area contributed by atoms with Gasteiger partial charge in [-0.25, -0.2) is 0 Å². The maximum Gasteiger partial charge on any atom is 0.0844 e. The Bertz CT molecular complexity index is 389. The van der Waals surface area contributed by atoms with Crippen LogP contribution in [-0.4, -0.2) is 19.2 Å². The molecule has 0 aliphatic carbocycles. The SMILES string of the molecule is CCNC1CCOC(c2c(C)cc(C)cc2C)C1. The van der Waals surface area contributed by atoms with Gasteiger partial charge in [0, 0.05) is 12.6 Å². The third-order valence-corrected chi connectivity index (χ3v) is 3.84. The molecule has 100 valence electrons. The summed E-state index contributed by atoms with van der Waals surface area (Å²) in [6.45, 7) is 10.7. The number of nitrogens with one attached hydrogen (secondary N) is 1. The van der Waals surface area contributed by atoms with Crippen LogP contribution in [0, 0.1) is 20.8 Å². The Balaban J connectivity index is 2.20. The third-order valence-electron chi connectivity index (χ3n) is 3.84. The molecule has 1 fully saturated rings. The fourth-order valence-corrected chi connectivity index (χ4v) is 3.17. The van der Waals surface area contributed by atoms with Crippen molar-refractivity contribution in [1.82, 2.24) is 5.32 Å². The first-order valence-electron chi connectivity index (χ1n) is 7.04. The molecule has 2 heteroatoms. The highest BCUT2D eigenvalue weighted by Gasteiger charge is 2.25. The number of hydrogen-bond donors (Lipinski definition) is 1. The van der Waals surface area contributed by atoms with Crippen LogP contribution in [0.3, 0.4) is 0 Å². The zero-order chi connectivity index (χ0) is 13.1. The normalized spacial score (nSPS) is 24.2. The Kier molecular flexibility index (Phi) is 4.41. The van der Waals surface area contributed by atoms with Crippen LogP contribution in [0.15, 0.2) is 12.1 Å². The second-order valence-electron chi connectivity index (χ2n) is 5.45. The lowest BCUT2D eigenvalue weighted by atomic mass is 9.90. The molecule has 0 radical (unpaired) electrons. The molecule has 0 amide bonds. The van der Waals surface area contributed by atoms with Crippen LogP contribution in [0.1, 0.15) is 48.1 Å². The monoisotopic (exact) mass is 247 g/mol. The average molecular weight is 247 g/mol. The number of benzene rings is 1. The van der Waals surface area contributed by atoms with Crippen molar-refractivity contribution >= 4 is 0 Å². The van der Waals surface area contributed by atoms with Crippen molar-refractivity contribution in [3.8, 4) is 0 Å². The van der Waals surface area contributed by atoms with Crippen molar-refractivity contribution in [2.45, 2.75) is 52.7 Å². The van der Waals surface area contributed by atoms with Gasteiger partial charge in [0.15, 0.2) is 0 Å². The first-order chi connectivity index (χ1) is 8.61. The summed E-state index contributed by atoms with van der Waals surface area (Å²) in [5.41, 5.74) is 5.49. The highest BCUT2D eigenvalue weighted by molar-refractivity contribution is 5.39. The van der Waals surface area contributed by atoms with Gasteiger partial charge in [-0.15, -0.1) is 0 Å². The Morgan fingerprint density at radius 1 is 1.22 bits per heavy atom. The smallest absolute Gasteiger partial charge is 0.0844 e. The predicted molar refractivity (Wildman–Crippen MR) is 76.0 cm³/mol.